The third kappa shape index (κ3) is 3.42. The zero-order chi connectivity index (χ0) is 15.4. The van der Waals surface area contributed by atoms with E-state index >= 15 is 0 Å². The number of nitrogens with zero attached hydrogens (tertiary/aromatic N) is 2. The van der Waals surface area contributed by atoms with Gasteiger partial charge in [-0.3, -0.25) is 9.69 Å². The number of fused-ring (bicyclic) bond motifs is 1. The minimum absolute atomic E-state index is 0.137. The van der Waals surface area contributed by atoms with Crippen molar-refractivity contribution < 1.29 is 14.7 Å². The van der Waals surface area contributed by atoms with E-state index < -0.39 is 5.97 Å². The summed E-state index contributed by atoms with van der Waals surface area (Å²) in [5.74, 6) is -0.739. The van der Waals surface area contributed by atoms with Crippen LogP contribution in [0.5, 0.6) is 0 Å². The molecule has 0 radical (unpaired) electrons. The van der Waals surface area contributed by atoms with Gasteiger partial charge in [-0.05, 0) is 37.5 Å². The molecule has 0 aliphatic carbocycles. The minimum atomic E-state index is -0.875. The molecule has 0 spiro atoms. The molecule has 1 aromatic rings. The normalized spacial score (nSPS) is 14.6. The lowest BCUT2D eigenvalue weighted by Crippen LogP contribution is -2.42. The molecule has 114 valence electrons. The van der Waals surface area contributed by atoms with Gasteiger partial charge in [0.2, 0.25) is 5.91 Å². The molecule has 5 nitrogen and oxygen atoms in total. The van der Waals surface area contributed by atoms with Crippen molar-refractivity contribution in [3.05, 3.63) is 34.9 Å². The van der Waals surface area contributed by atoms with Gasteiger partial charge in [0.1, 0.15) is 0 Å². The van der Waals surface area contributed by atoms with Crippen molar-refractivity contribution in [1.82, 2.24) is 9.80 Å². The standard InChI is InChI=1S/C16H22N2O3/c1-3-18(4-2)15(19)11-17-9-8-13-12(10-17)6-5-7-14(13)16(20)21/h5-7H,3-4,8-11H2,1-2H3,(H,20,21). The average Bonchev–Trinajstić information content (AvgIpc) is 2.47. The van der Waals surface area contributed by atoms with Gasteiger partial charge in [-0.15, -0.1) is 0 Å². The minimum Gasteiger partial charge on any atom is -0.478 e. The number of carboxylic acids is 1. The predicted molar refractivity (Wildman–Crippen MR) is 80.3 cm³/mol. The van der Waals surface area contributed by atoms with E-state index in [0.717, 1.165) is 30.8 Å². The molecule has 0 saturated heterocycles. The lowest BCUT2D eigenvalue weighted by atomic mass is 9.94. The molecule has 0 unspecified atom stereocenters. The fraction of sp³-hybridized carbons (Fsp3) is 0.500. The van der Waals surface area contributed by atoms with Crippen molar-refractivity contribution in [1.29, 1.82) is 0 Å². The zero-order valence-corrected chi connectivity index (χ0v) is 12.6. The van der Waals surface area contributed by atoms with E-state index in [0.29, 0.717) is 25.1 Å². The molecule has 1 N–H and O–H groups in total. The summed E-state index contributed by atoms with van der Waals surface area (Å²) < 4.78 is 0. The summed E-state index contributed by atoms with van der Waals surface area (Å²) in [5.41, 5.74) is 2.33. The monoisotopic (exact) mass is 290 g/mol. The van der Waals surface area contributed by atoms with E-state index in [4.69, 9.17) is 0 Å². The number of rotatable bonds is 5. The third-order valence-electron chi connectivity index (χ3n) is 4.05. The van der Waals surface area contributed by atoms with Crippen molar-refractivity contribution in [2.24, 2.45) is 0 Å². The Hall–Kier alpha value is -1.88. The smallest absolute Gasteiger partial charge is 0.335 e. The maximum atomic E-state index is 12.2. The molecular formula is C16H22N2O3. The van der Waals surface area contributed by atoms with E-state index in [1.54, 1.807) is 12.1 Å². The third-order valence-corrected chi connectivity index (χ3v) is 4.05. The van der Waals surface area contributed by atoms with Gasteiger partial charge in [-0.1, -0.05) is 12.1 Å². The Labute approximate surface area is 125 Å². The number of aromatic carboxylic acids is 1. The van der Waals surface area contributed by atoms with Crippen LogP contribution in [0.3, 0.4) is 0 Å². The Kier molecular flexibility index (Phi) is 4.96. The second-order valence-corrected chi connectivity index (χ2v) is 5.28. The molecule has 5 heteroatoms. The number of hydrogen-bond donors (Lipinski definition) is 1. The maximum absolute atomic E-state index is 12.2. The molecule has 0 saturated carbocycles. The van der Waals surface area contributed by atoms with Crippen LogP contribution in [-0.2, 0) is 17.8 Å². The molecule has 1 amide bonds. The number of likely N-dealkylation sites (N-methyl/N-ethyl adjacent to an activating group) is 1. The second kappa shape index (κ2) is 6.72. The number of benzene rings is 1. The van der Waals surface area contributed by atoms with Crippen molar-refractivity contribution in [2.75, 3.05) is 26.2 Å². The Morgan fingerprint density at radius 3 is 2.62 bits per heavy atom. The largest absolute Gasteiger partial charge is 0.478 e. The highest BCUT2D eigenvalue weighted by molar-refractivity contribution is 5.90. The fourth-order valence-electron chi connectivity index (χ4n) is 2.87. The van der Waals surface area contributed by atoms with Crippen molar-refractivity contribution in [2.45, 2.75) is 26.8 Å². The topological polar surface area (TPSA) is 60.9 Å². The molecule has 0 fully saturated rings. The van der Waals surface area contributed by atoms with Gasteiger partial charge < -0.3 is 10.0 Å². The first-order valence-corrected chi connectivity index (χ1v) is 7.41. The highest BCUT2D eigenvalue weighted by Crippen LogP contribution is 2.22. The van der Waals surface area contributed by atoms with Gasteiger partial charge in [-0.2, -0.15) is 0 Å². The second-order valence-electron chi connectivity index (χ2n) is 5.28. The van der Waals surface area contributed by atoms with Crippen LogP contribution < -0.4 is 0 Å². The summed E-state index contributed by atoms with van der Waals surface area (Å²) in [6.45, 7) is 7.18. The molecule has 1 aromatic carbocycles. The molecule has 1 aliphatic rings. The lowest BCUT2D eigenvalue weighted by Gasteiger charge is -2.30. The Balaban J connectivity index is 2.08. The van der Waals surface area contributed by atoms with E-state index in [1.165, 1.54) is 0 Å². The lowest BCUT2D eigenvalue weighted by molar-refractivity contribution is -0.132. The number of carbonyl (C=O) groups is 2. The zero-order valence-electron chi connectivity index (χ0n) is 12.6. The number of hydrogen-bond acceptors (Lipinski definition) is 3. The highest BCUT2D eigenvalue weighted by atomic mass is 16.4. The van der Waals surface area contributed by atoms with E-state index in [1.807, 2.05) is 24.8 Å². The first-order valence-electron chi connectivity index (χ1n) is 7.41. The van der Waals surface area contributed by atoms with Gasteiger partial charge in [0.05, 0.1) is 12.1 Å². The molecule has 0 aromatic heterocycles. The molecular weight excluding hydrogens is 268 g/mol. The van der Waals surface area contributed by atoms with Gasteiger partial charge in [0.25, 0.3) is 0 Å². The summed E-state index contributed by atoms with van der Waals surface area (Å²) in [6, 6.07) is 5.38. The molecule has 21 heavy (non-hydrogen) atoms. The summed E-state index contributed by atoms with van der Waals surface area (Å²) in [6.07, 6.45) is 0.684. The van der Waals surface area contributed by atoms with Crippen LogP contribution in [0.25, 0.3) is 0 Å². The summed E-state index contributed by atoms with van der Waals surface area (Å²) in [5, 5.41) is 9.21. The van der Waals surface area contributed by atoms with Gasteiger partial charge in [0, 0.05) is 26.2 Å². The first kappa shape index (κ1) is 15.5. The van der Waals surface area contributed by atoms with Gasteiger partial charge >= 0.3 is 5.97 Å². The number of amides is 1. The van der Waals surface area contributed by atoms with Crippen LogP contribution in [0.15, 0.2) is 18.2 Å². The molecule has 0 atom stereocenters. The van der Waals surface area contributed by atoms with Crippen LogP contribution in [-0.4, -0.2) is 53.0 Å². The first-order chi connectivity index (χ1) is 10.1. The van der Waals surface area contributed by atoms with Crippen LogP contribution >= 0.6 is 0 Å². The maximum Gasteiger partial charge on any atom is 0.335 e. The van der Waals surface area contributed by atoms with Gasteiger partial charge in [-0.25, -0.2) is 4.79 Å². The summed E-state index contributed by atoms with van der Waals surface area (Å²) >= 11 is 0. The average molecular weight is 290 g/mol. The SMILES string of the molecule is CCN(CC)C(=O)CN1CCc2c(cccc2C(=O)O)C1. The predicted octanol–water partition coefficient (Wildman–Crippen LogP) is 1.61. The Morgan fingerprint density at radius 1 is 1.29 bits per heavy atom. The summed E-state index contributed by atoms with van der Waals surface area (Å²) in [4.78, 5) is 27.3. The molecule has 2 rings (SSSR count). The van der Waals surface area contributed by atoms with Crippen LogP contribution in [0.1, 0.15) is 35.3 Å². The quantitative estimate of drug-likeness (QED) is 0.895. The Morgan fingerprint density at radius 2 is 2.00 bits per heavy atom. The summed E-state index contributed by atoms with van der Waals surface area (Å²) in [7, 11) is 0. The number of carbonyl (C=O) groups excluding carboxylic acids is 1. The van der Waals surface area contributed by atoms with Gasteiger partial charge in [0.15, 0.2) is 0 Å². The van der Waals surface area contributed by atoms with E-state index in [2.05, 4.69) is 4.90 Å². The molecule has 1 heterocycles. The van der Waals surface area contributed by atoms with Crippen molar-refractivity contribution >= 4 is 11.9 Å². The molecule has 0 bridgehead atoms. The Bertz CT molecular complexity index is 538. The van der Waals surface area contributed by atoms with E-state index in [9.17, 15) is 14.7 Å². The number of carboxylic acid groups (broad SMARTS) is 1. The van der Waals surface area contributed by atoms with Crippen molar-refractivity contribution in [3.63, 3.8) is 0 Å². The van der Waals surface area contributed by atoms with Crippen LogP contribution in [0, 0.1) is 0 Å². The van der Waals surface area contributed by atoms with Crippen LogP contribution in [0.2, 0.25) is 0 Å². The fourth-order valence-corrected chi connectivity index (χ4v) is 2.87. The van der Waals surface area contributed by atoms with Crippen LogP contribution in [0.4, 0.5) is 0 Å². The molecule has 1 aliphatic heterocycles. The van der Waals surface area contributed by atoms with E-state index in [-0.39, 0.29) is 5.91 Å². The highest BCUT2D eigenvalue weighted by Gasteiger charge is 2.23. The van der Waals surface area contributed by atoms with Crippen molar-refractivity contribution in [3.8, 4) is 0 Å².